The van der Waals surface area contributed by atoms with Crippen LogP contribution in [0.25, 0.3) is 0 Å². The molecule has 0 amide bonds. The zero-order chi connectivity index (χ0) is 33.9. The van der Waals surface area contributed by atoms with Gasteiger partial charge in [0, 0.05) is 28.7 Å². The van der Waals surface area contributed by atoms with Gasteiger partial charge in [-0.1, -0.05) is 49.6 Å². The van der Waals surface area contributed by atoms with Crippen molar-refractivity contribution in [3.8, 4) is 11.5 Å². The van der Waals surface area contributed by atoms with E-state index in [1.165, 1.54) is 6.42 Å². The summed E-state index contributed by atoms with van der Waals surface area (Å²) in [5.41, 5.74) is 1.82. The highest BCUT2D eigenvalue weighted by atomic mass is 16.6. The number of ether oxygens (including phenoxy) is 6. The van der Waals surface area contributed by atoms with E-state index in [2.05, 4.69) is 37.4 Å². The summed E-state index contributed by atoms with van der Waals surface area (Å²) in [5, 5.41) is 21.4. The molecule has 2 atom stereocenters. The molecule has 2 unspecified atom stereocenters. The van der Waals surface area contributed by atoms with E-state index >= 15 is 0 Å². The number of para-hydroxylation sites is 2. The quantitative estimate of drug-likeness (QED) is 0.119. The lowest BCUT2D eigenvalue weighted by molar-refractivity contribution is -0.140. The van der Waals surface area contributed by atoms with E-state index in [9.17, 15) is 19.8 Å². The minimum absolute atomic E-state index is 0.0379. The molecular weight excluding hydrogens is 616 g/mol. The van der Waals surface area contributed by atoms with Crippen LogP contribution >= 0.6 is 0 Å². The van der Waals surface area contributed by atoms with E-state index in [1.807, 2.05) is 24.3 Å². The summed E-state index contributed by atoms with van der Waals surface area (Å²) < 4.78 is 33.6. The first kappa shape index (κ1) is 35.6. The first-order valence-corrected chi connectivity index (χ1v) is 16.9. The highest BCUT2D eigenvalue weighted by molar-refractivity contribution is 5.81. The number of carbonyl (C=O) groups is 2. The SMILES string of the molecule is C=CC(=O)OCCOCC(O)COc1ccccc1C1(c2ccccc2OCC(O)COCCOC(=O)C=C)C2CC3CC(C2)CC1C3. The van der Waals surface area contributed by atoms with Gasteiger partial charge in [-0.2, -0.15) is 0 Å². The van der Waals surface area contributed by atoms with E-state index in [-0.39, 0.29) is 58.3 Å². The molecule has 0 radical (unpaired) electrons. The smallest absolute Gasteiger partial charge is 0.330 e. The molecule has 4 aliphatic carbocycles. The molecule has 2 N–H and O–H groups in total. The Labute approximate surface area is 282 Å². The molecule has 4 aliphatic rings. The van der Waals surface area contributed by atoms with Crippen LogP contribution in [0.1, 0.15) is 43.2 Å². The number of carbonyl (C=O) groups excluding carboxylic acids is 2. The van der Waals surface area contributed by atoms with Crippen LogP contribution in [-0.2, 0) is 34.0 Å². The molecule has 48 heavy (non-hydrogen) atoms. The molecule has 10 nitrogen and oxygen atoms in total. The van der Waals surface area contributed by atoms with E-state index < -0.39 is 24.1 Å². The van der Waals surface area contributed by atoms with Crippen molar-refractivity contribution in [1.82, 2.24) is 0 Å². The maximum Gasteiger partial charge on any atom is 0.330 e. The average molecular weight is 665 g/mol. The molecular formula is C38H48O10. The van der Waals surface area contributed by atoms with Gasteiger partial charge in [0.05, 0.1) is 26.4 Å². The fourth-order valence-electron chi connectivity index (χ4n) is 8.25. The Morgan fingerprint density at radius 2 is 1.08 bits per heavy atom. The van der Waals surface area contributed by atoms with Crippen molar-refractivity contribution < 1.29 is 48.2 Å². The number of esters is 2. The van der Waals surface area contributed by atoms with Crippen LogP contribution in [0.4, 0.5) is 0 Å². The van der Waals surface area contributed by atoms with Crippen LogP contribution in [0, 0.1) is 23.7 Å². The number of benzene rings is 2. The third-order valence-electron chi connectivity index (χ3n) is 9.85. The molecule has 260 valence electrons. The molecule has 6 rings (SSSR count). The largest absolute Gasteiger partial charge is 0.490 e. The monoisotopic (exact) mass is 664 g/mol. The van der Waals surface area contributed by atoms with Crippen molar-refractivity contribution >= 4 is 11.9 Å². The van der Waals surface area contributed by atoms with Crippen LogP contribution in [-0.4, -0.2) is 87.2 Å². The summed E-state index contributed by atoms with van der Waals surface area (Å²) in [5.74, 6) is 2.63. The Morgan fingerprint density at radius 1 is 0.667 bits per heavy atom. The number of hydrogen-bond acceptors (Lipinski definition) is 10. The lowest BCUT2D eigenvalue weighted by atomic mass is 9.42. The molecule has 2 aromatic carbocycles. The van der Waals surface area contributed by atoms with Crippen LogP contribution in [0.3, 0.4) is 0 Å². The lowest BCUT2D eigenvalue weighted by Gasteiger charge is -2.62. The molecule has 0 aromatic heterocycles. The van der Waals surface area contributed by atoms with Gasteiger partial charge in [-0.05, 0) is 67.9 Å². The predicted molar refractivity (Wildman–Crippen MR) is 178 cm³/mol. The van der Waals surface area contributed by atoms with Gasteiger partial charge in [0.25, 0.3) is 0 Å². The van der Waals surface area contributed by atoms with Gasteiger partial charge < -0.3 is 38.6 Å². The van der Waals surface area contributed by atoms with Crippen molar-refractivity contribution in [2.75, 3.05) is 52.9 Å². The van der Waals surface area contributed by atoms with Gasteiger partial charge in [-0.15, -0.1) is 0 Å². The van der Waals surface area contributed by atoms with Crippen molar-refractivity contribution in [2.45, 2.75) is 49.7 Å². The summed E-state index contributed by atoms with van der Waals surface area (Å²) in [6, 6.07) is 16.3. The normalized spacial score (nSPS) is 25.1. The Morgan fingerprint density at radius 3 is 1.50 bits per heavy atom. The Hall–Kier alpha value is -3.70. The molecule has 0 aliphatic heterocycles. The molecule has 4 fully saturated rings. The second-order valence-electron chi connectivity index (χ2n) is 13.0. The van der Waals surface area contributed by atoms with E-state index in [4.69, 9.17) is 28.4 Å². The zero-order valence-corrected chi connectivity index (χ0v) is 27.5. The highest BCUT2D eigenvalue weighted by Crippen LogP contribution is 2.67. The highest BCUT2D eigenvalue weighted by Gasteiger charge is 2.60. The maximum atomic E-state index is 11.2. The van der Waals surface area contributed by atoms with Crippen LogP contribution in [0.15, 0.2) is 73.8 Å². The predicted octanol–water partition coefficient (Wildman–Crippen LogP) is 4.40. The molecule has 0 spiro atoms. The standard InChI is InChI=1S/C38H48O10/c1-3-36(41)45-15-13-43-22-30(39)24-47-34-11-7-5-9-32(34)38(28-18-26-17-27(20-28)21-29(38)19-26)33-10-6-8-12-35(33)48-25-31(40)23-44-14-16-46-37(42)4-2/h3-12,26-31,39-40H,1-2,13-25H2. The Kier molecular flexibility index (Phi) is 12.7. The second kappa shape index (κ2) is 17.1. The first-order valence-electron chi connectivity index (χ1n) is 16.9. The minimum Gasteiger partial charge on any atom is -0.490 e. The average Bonchev–Trinajstić information content (AvgIpc) is 3.09. The van der Waals surface area contributed by atoms with Crippen molar-refractivity contribution in [3.63, 3.8) is 0 Å². The first-order chi connectivity index (χ1) is 23.3. The molecule has 0 heterocycles. The van der Waals surface area contributed by atoms with E-state index in [0.717, 1.165) is 72.3 Å². The molecule has 2 aromatic rings. The maximum absolute atomic E-state index is 11.2. The number of aliphatic hydroxyl groups excluding tert-OH is 2. The summed E-state index contributed by atoms with van der Waals surface area (Å²) in [6.45, 7) is 7.35. The molecule has 4 saturated carbocycles. The fraction of sp³-hybridized carbons (Fsp3) is 0.526. The number of aliphatic hydroxyl groups is 2. The molecule has 10 heteroatoms. The topological polar surface area (TPSA) is 130 Å². The van der Waals surface area contributed by atoms with Crippen LogP contribution in [0.2, 0.25) is 0 Å². The fourth-order valence-corrected chi connectivity index (χ4v) is 8.25. The van der Waals surface area contributed by atoms with Crippen molar-refractivity contribution in [1.29, 1.82) is 0 Å². The Balaban J connectivity index is 1.32. The third-order valence-corrected chi connectivity index (χ3v) is 9.85. The summed E-state index contributed by atoms with van der Waals surface area (Å²) in [7, 11) is 0. The van der Waals surface area contributed by atoms with Crippen LogP contribution < -0.4 is 9.47 Å². The van der Waals surface area contributed by atoms with E-state index in [1.54, 1.807) is 0 Å². The van der Waals surface area contributed by atoms with Crippen molar-refractivity contribution in [3.05, 3.63) is 85.0 Å². The lowest BCUT2D eigenvalue weighted by Crippen LogP contribution is -2.56. The van der Waals surface area contributed by atoms with Crippen molar-refractivity contribution in [2.24, 2.45) is 23.7 Å². The van der Waals surface area contributed by atoms with Gasteiger partial charge >= 0.3 is 11.9 Å². The number of hydrogen-bond donors (Lipinski definition) is 2. The summed E-state index contributed by atoms with van der Waals surface area (Å²) in [6.07, 6.45) is 6.27. The van der Waals surface area contributed by atoms with Gasteiger partial charge in [0.2, 0.25) is 0 Å². The summed E-state index contributed by atoms with van der Waals surface area (Å²) in [4.78, 5) is 22.4. The van der Waals surface area contributed by atoms with E-state index in [0.29, 0.717) is 11.8 Å². The summed E-state index contributed by atoms with van der Waals surface area (Å²) >= 11 is 0. The number of rotatable bonds is 20. The van der Waals surface area contributed by atoms with Gasteiger partial charge in [-0.3, -0.25) is 0 Å². The third kappa shape index (κ3) is 8.47. The molecule has 4 bridgehead atoms. The van der Waals surface area contributed by atoms with Gasteiger partial charge in [0.15, 0.2) is 0 Å². The van der Waals surface area contributed by atoms with Crippen LogP contribution in [0.5, 0.6) is 11.5 Å². The second-order valence-corrected chi connectivity index (χ2v) is 13.0. The molecule has 0 saturated heterocycles. The Bertz CT molecular complexity index is 1280. The minimum atomic E-state index is -0.879. The van der Waals surface area contributed by atoms with Gasteiger partial charge in [0.1, 0.15) is 50.1 Å². The zero-order valence-electron chi connectivity index (χ0n) is 27.5. The van der Waals surface area contributed by atoms with Gasteiger partial charge in [-0.25, -0.2) is 9.59 Å².